The Kier molecular flexibility index (Phi) is 44.8. The molecule has 0 aliphatic carbocycles. The molecule has 0 saturated carbocycles. The van der Waals surface area contributed by atoms with Crippen LogP contribution in [0.25, 0.3) is 0 Å². The number of hydrogen-bond donors (Lipinski definition) is 0. The summed E-state index contributed by atoms with van der Waals surface area (Å²) >= 11 is 0. The van der Waals surface area contributed by atoms with Gasteiger partial charge < -0.3 is 14.2 Å². The van der Waals surface area contributed by atoms with Crippen molar-refractivity contribution in [3.05, 3.63) is 0 Å². The maximum atomic E-state index is 12.7. The fraction of sp³-hybridized carbons (Fsp3) is 0.940. The minimum atomic E-state index is -0.758. The zero-order valence-corrected chi connectivity index (χ0v) is 37.9. The lowest BCUT2D eigenvalue weighted by molar-refractivity contribution is -0.167. The second-order valence-corrected chi connectivity index (χ2v) is 17.1. The molecule has 6 nitrogen and oxygen atoms in total. The molecule has 0 aromatic rings. The molecule has 0 aromatic carbocycles. The average Bonchev–Trinajstić information content (AvgIpc) is 3.19. The number of unbranched alkanes of at least 4 members (excludes halogenated alkanes) is 35. The highest BCUT2D eigenvalue weighted by atomic mass is 16.6. The highest BCUT2D eigenvalue weighted by Crippen LogP contribution is 2.16. The summed E-state index contributed by atoms with van der Waals surface area (Å²) in [6.45, 7) is 6.66. The molecule has 6 heteroatoms. The third-order valence-electron chi connectivity index (χ3n) is 11.4. The molecule has 0 aliphatic heterocycles. The highest BCUT2D eigenvalue weighted by Gasteiger charge is 2.19. The van der Waals surface area contributed by atoms with Crippen molar-refractivity contribution in [2.75, 3.05) is 13.2 Å². The summed E-state index contributed by atoms with van der Waals surface area (Å²) in [5.41, 5.74) is 0. The van der Waals surface area contributed by atoms with E-state index < -0.39 is 6.10 Å². The second kappa shape index (κ2) is 46.1. The first-order valence-electron chi connectivity index (χ1n) is 25.0. The van der Waals surface area contributed by atoms with E-state index in [4.69, 9.17) is 14.2 Å². The number of esters is 3. The Morgan fingerprint density at radius 3 is 0.714 bits per heavy atom. The Morgan fingerprint density at radius 2 is 0.482 bits per heavy atom. The van der Waals surface area contributed by atoms with Crippen LogP contribution in [0.2, 0.25) is 0 Å². The van der Waals surface area contributed by atoms with Gasteiger partial charge in [0.25, 0.3) is 0 Å². The van der Waals surface area contributed by atoms with Crippen LogP contribution in [0, 0.1) is 0 Å². The summed E-state index contributed by atoms with van der Waals surface area (Å²) in [4.78, 5) is 37.8. The van der Waals surface area contributed by atoms with Gasteiger partial charge in [-0.2, -0.15) is 0 Å². The van der Waals surface area contributed by atoms with Crippen molar-refractivity contribution >= 4 is 17.9 Å². The van der Waals surface area contributed by atoms with Crippen LogP contribution in [0.15, 0.2) is 0 Å². The third-order valence-corrected chi connectivity index (χ3v) is 11.4. The summed E-state index contributed by atoms with van der Waals surface area (Å²) in [6.07, 6.45) is 48.0. The van der Waals surface area contributed by atoms with Crippen LogP contribution in [0.5, 0.6) is 0 Å². The minimum absolute atomic E-state index is 0.0622. The summed E-state index contributed by atoms with van der Waals surface area (Å²) in [6, 6.07) is 0. The van der Waals surface area contributed by atoms with Gasteiger partial charge in [0.05, 0.1) is 0 Å². The summed E-state index contributed by atoms with van der Waals surface area (Å²) in [5, 5.41) is 0. The SMILES string of the molecule is CCCCCCCCCCCCCCCCCCC(=O)OC[C@@H](COC(=O)CCCCCCCCCCCCCC)OC(=O)CCCCCCCCCCCC. The van der Waals surface area contributed by atoms with Crippen molar-refractivity contribution in [3.63, 3.8) is 0 Å². The number of carbonyl (C=O) groups excluding carboxylic acids is 3. The first kappa shape index (κ1) is 54.4. The van der Waals surface area contributed by atoms with Crippen LogP contribution in [0.1, 0.15) is 284 Å². The van der Waals surface area contributed by atoms with E-state index in [9.17, 15) is 14.4 Å². The molecule has 332 valence electrons. The quantitative estimate of drug-likeness (QED) is 0.0347. The molecule has 0 N–H and O–H groups in total. The van der Waals surface area contributed by atoms with Crippen LogP contribution in [-0.4, -0.2) is 37.2 Å². The first-order valence-corrected chi connectivity index (χ1v) is 25.0. The molecule has 0 aromatic heterocycles. The van der Waals surface area contributed by atoms with E-state index in [-0.39, 0.29) is 31.1 Å². The van der Waals surface area contributed by atoms with Gasteiger partial charge in [0, 0.05) is 19.3 Å². The number of hydrogen-bond acceptors (Lipinski definition) is 6. The molecule has 0 unspecified atom stereocenters. The molecular formula is C50H96O6. The van der Waals surface area contributed by atoms with Crippen LogP contribution < -0.4 is 0 Å². The van der Waals surface area contributed by atoms with Crippen LogP contribution in [-0.2, 0) is 28.6 Å². The van der Waals surface area contributed by atoms with E-state index in [2.05, 4.69) is 20.8 Å². The lowest BCUT2D eigenvalue weighted by Crippen LogP contribution is -2.30. The van der Waals surface area contributed by atoms with Gasteiger partial charge in [-0.1, -0.05) is 245 Å². The molecule has 0 radical (unpaired) electrons. The monoisotopic (exact) mass is 793 g/mol. The van der Waals surface area contributed by atoms with Crippen molar-refractivity contribution in [1.82, 2.24) is 0 Å². The van der Waals surface area contributed by atoms with E-state index in [0.717, 1.165) is 57.8 Å². The largest absolute Gasteiger partial charge is 0.462 e. The van der Waals surface area contributed by atoms with Gasteiger partial charge in [0.1, 0.15) is 13.2 Å². The van der Waals surface area contributed by atoms with Gasteiger partial charge in [-0.15, -0.1) is 0 Å². The van der Waals surface area contributed by atoms with Crippen molar-refractivity contribution in [1.29, 1.82) is 0 Å². The maximum absolute atomic E-state index is 12.7. The second-order valence-electron chi connectivity index (χ2n) is 17.1. The van der Waals surface area contributed by atoms with E-state index in [1.54, 1.807) is 0 Å². The summed E-state index contributed by atoms with van der Waals surface area (Å²) in [7, 11) is 0. The predicted octanol–water partition coefficient (Wildman–Crippen LogP) is 16.0. The van der Waals surface area contributed by atoms with Gasteiger partial charge in [-0.25, -0.2) is 0 Å². The Balaban J connectivity index is 4.26. The predicted molar refractivity (Wildman–Crippen MR) is 238 cm³/mol. The lowest BCUT2D eigenvalue weighted by Gasteiger charge is -2.18. The number of carbonyl (C=O) groups is 3. The fourth-order valence-electron chi connectivity index (χ4n) is 7.56. The molecule has 0 heterocycles. The molecule has 0 aliphatic rings. The minimum Gasteiger partial charge on any atom is -0.462 e. The standard InChI is InChI=1S/C50H96O6/c1-4-7-10-13-16-19-22-24-25-26-27-29-32-34-37-40-43-49(52)55-46-47(56-50(53)44-41-38-35-30-21-18-15-12-9-6-3)45-54-48(51)42-39-36-33-31-28-23-20-17-14-11-8-5-2/h47H,4-46H2,1-3H3/t47-/m1/s1. The molecule has 0 rings (SSSR count). The summed E-state index contributed by atoms with van der Waals surface area (Å²) < 4.78 is 16.8. The fourth-order valence-corrected chi connectivity index (χ4v) is 7.56. The molecule has 0 bridgehead atoms. The normalized spacial score (nSPS) is 11.8. The van der Waals surface area contributed by atoms with Crippen LogP contribution >= 0.6 is 0 Å². The van der Waals surface area contributed by atoms with Gasteiger partial charge >= 0.3 is 17.9 Å². The molecule has 0 saturated heterocycles. The average molecular weight is 793 g/mol. The van der Waals surface area contributed by atoms with Crippen molar-refractivity contribution < 1.29 is 28.6 Å². The Morgan fingerprint density at radius 1 is 0.286 bits per heavy atom. The van der Waals surface area contributed by atoms with E-state index in [1.807, 2.05) is 0 Å². The zero-order valence-electron chi connectivity index (χ0n) is 37.9. The topological polar surface area (TPSA) is 78.9 Å². The summed E-state index contributed by atoms with van der Waals surface area (Å²) in [5.74, 6) is -0.846. The van der Waals surface area contributed by atoms with Crippen molar-refractivity contribution in [2.24, 2.45) is 0 Å². The molecule has 0 fully saturated rings. The van der Waals surface area contributed by atoms with Crippen LogP contribution in [0.3, 0.4) is 0 Å². The molecule has 1 atom stereocenters. The van der Waals surface area contributed by atoms with E-state index in [0.29, 0.717) is 19.3 Å². The third kappa shape index (κ3) is 43.5. The highest BCUT2D eigenvalue weighted by molar-refractivity contribution is 5.71. The molecule has 56 heavy (non-hydrogen) atoms. The Hall–Kier alpha value is -1.59. The Labute approximate surface area is 348 Å². The van der Waals surface area contributed by atoms with E-state index >= 15 is 0 Å². The zero-order chi connectivity index (χ0) is 40.8. The molecular weight excluding hydrogens is 697 g/mol. The van der Waals surface area contributed by atoms with Crippen LogP contribution in [0.4, 0.5) is 0 Å². The van der Waals surface area contributed by atoms with Crippen molar-refractivity contribution in [3.8, 4) is 0 Å². The number of ether oxygens (including phenoxy) is 3. The molecule has 0 spiro atoms. The lowest BCUT2D eigenvalue weighted by atomic mass is 10.0. The smallest absolute Gasteiger partial charge is 0.306 e. The van der Waals surface area contributed by atoms with Gasteiger partial charge in [0.15, 0.2) is 6.10 Å². The number of rotatable bonds is 46. The van der Waals surface area contributed by atoms with Crippen molar-refractivity contribution in [2.45, 2.75) is 290 Å². The van der Waals surface area contributed by atoms with Gasteiger partial charge in [0.2, 0.25) is 0 Å². The van der Waals surface area contributed by atoms with Gasteiger partial charge in [-0.05, 0) is 19.3 Å². The van der Waals surface area contributed by atoms with E-state index in [1.165, 1.54) is 186 Å². The first-order chi connectivity index (χ1) is 27.5. The Bertz CT molecular complexity index is 828. The maximum Gasteiger partial charge on any atom is 0.306 e. The molecule has 0 amide bonds. The van der Waals surface area contributed by atoms with Gasteiger partial charge in [-0.3, -0.25) is 14.4 Å².